The maximum Gasteiger partial charge on any atom is 0.145 e. The maximum absolute atomic E-state index is 13.0. The van der Waals surface area contributed by atoms with Crippen LogP contribution in [-0.2, 0) is 7.05 Å². The number of fused-ring (bicyclic) bond motifs is 1. The monoisotopic (exact) mass is 194 g/mol. The Balaban J connectivity index is 0.000000461. The maximum atomic E-state index is 13.0. The third-order valence-corrected chi connectivity index (χ3v) is 2.10. The van der Waals surface area contributed by atoms with Crippen LogP contribution in [0.3, 0.4) is 0 Å². The van der Waals surface area contributed by atoms with Gasteiger partial charge in [0.15, 0.2) is 0 Å². The fourth-order valence-electron chi connectivity index (χ4n) is 1.32. The van der Waals surface area contributed by atoms with Gasteiger partial charge in [-0.15, -0.1) is 0 Å². The van der Waals surface area contributed by atoms with E-state index in [0.717, 1.165) is 11.0 Å². The number of halogens is 1. The lowest BCUT2D eigenvalue weighted by Gasteiger charge is -1.98. The normalized spacial score (nSPS) is 9.79. The molecule has 0 bridgehead atoms. The van der Waals surface area contributed by atoms with Crippen molar-refractivity contribution in [2.75, 3.05) is 0 Å². The van der Waals surface area contributed by atoms with Crippen LogP contribution in [-0.4, -0.2) is 9.55 Å². The first-order valence-corrected chi connectivity index (χ1v) is 4.76. The quantitative estimate of drug-likeness (QED) is 0.630. The van der Waals surface area contributed by atoms with Gasteiger partial charge in [0.05, 0.1) is 6.20 Å². The summed E-state index contributed by atoms with van der Waals surface area (Å²) >= 11 is 0. The number of hydrogen-bond acceptors (Lipinski definition) is 1. The predicted molar refractivity (Wildman–Crippen MR) is 56.8 cm³/mol. The largest absolute Gasteiger partial charge is 0.336 e. The number of pyridine rings is 1. The summed E-state index contributed by atoms with van der Waals surface area (Å²) in [6.45, 7) is 5.76. The second kappa shape index (κ2) is 4.22. The van der Waals surface area contributed by atoms with Crippen LogP contribution in [0.1, 0.15) is 19.4 Å². The summed E-state index contributed by atoms with van der Waals surface area (Å²) in [6.07, 6.45) is 3.14. The van der Waals surface area contributed by atoms with Crippen molar-refractivity contribution in [1.29, 1.82) is 0 Å². The van der Waals surface area contributed by atoms with E-state index in [4.69, 9.17) is 0 Å². The fraction of sp³-hybridized carbons (Fsp3) is 0.364. The van der Waals surface area contributed by atoms with E-state index in [2.05, 4.69) is 4.98 Å². The van der Waals surface area contributed by atoms with Crippen molar-refractivity contribution >= 4 is 11.0 Å². The Morgan fingerprint density at radius 1 is 1.36 bits per heavy atom. The Hall–Kier alpha value is -1.38. The van der Waals surface area contributed by atoms with Gasteiger partial charge in [-0.3, -0.25) is 0 Å². The van der Waals surface area contributed by atoms with Crippen LogP contribution in [0.5, 0.6) is 0 Å². The molecule has 0 aromatic carbocycles. The molecular weight excluding hydrogens is 179 g/mol. The molecular formula is C11H15FN2. The number of aryl methyl sites for hydroxylation is 2. The molecule has 2 aromatic rings. The van der Waals surface area contributed by atoms with E-state index in [0.29, 0.717) is 5.56 Å². The van der Waals surface area contributed by atoms with E-state index < -0.39 is 0 Å². The zero-order valence-electron chi connectivity index (χ0n) is 9.00. The number of hydrogen-bond donors (Lipinski definition) is 0. The molecule has 0 spiro atoms. The molecule has 0 saturated heterocycles. The second-order valence-electron chi connectivity index (χ2n) is 2.90. The van der Waals surface area contributed by atoms with E-state index in [1.807, 2.05) is 37.7 Å². The van der Waals surface area contributed by atoms with Gasteiger partial charge in [0.1, 0.15) is 11.5 Å². The third kappa shape index (κ3) is 1.62. The van der Waals surface area contributed by atoms with Gasteiger partial charge in [-0.1, -0.05) is 13.8 Å². The first-order valence-electron chi connectivity index (χ1n) is 4.76. The van der Waals surface area contributed by atoms with Gasteiger partial charge in [-0.2, -0.15) is 0 Å². The summed E-state index contributed by atoms with van der Waals surface area (Å²) < 4.78 is 14.9. The first-order chi connectivity index (χ1) is 6.70. The summed E-state index contributed by atoms with van der Waals surface area (Å²) in [5.41, 5.74) is 1.49. The summed E-state index contributed by atoms with van der Waals surface area (Å²) in [7, 11) is 1.90. The smallest absolute Gasteiger partial charge is 0.145 e. The van der Waals surface area contributed by atoms with Gasteiger partial charge in [0, 0.05) is 18.6 Å². The van der Waals surface area contributed by atoms with Crippen LogP contribution in [0.4, 0.5) is 4.39 Å². The Bertz CT molecular complexity index is 432. The zero-order valence-corrected chi connectivity index (χ0v) is 9.00. The van der Waals surface area contributed by atoms with Crippen molar-refractivity contribution in [2.24, 2.45) is 7.05 Å². The van der Waals surface area contributed by atoms with Crippen LogP contribution in [0.15, 0.2) is 18.5 Å². The van der Waals surface area contributed by atoms with Crippen LogP contribution in [0.25, 0.3) is 11.0 Å². The molecule has 2 heterocycles. The molecule has 0 atom stereocenters. The molecule has 14 heavy (non-hydrogen) atoms. The van der Waals surface area contributed by atoms with Gasteiger partial charge in [0.2, 0.25) is 0 Å². The molecule has 0 unspecified atom stereocenters. The van der Waals surface area contributed by atoms with Gasteiger partial charge < -0.3 is 4.57 Å². The zero-order chi connectivity index (χ0) is 10.7. The molecule has 0 amide bonds. The lowest BCUT2D eigenvalue weighted by molar-refractivity contribution is 0.615. The first kappa shape index (κ1) is 10.7. The Kier molecular flexibility index (Phi) is 3.23. The van der Waals surface area contributed by atoms with Gasteiger partial charge in [0.25, 0.3) is 0 Å². The van der Waals surface area contributed by atoms with Crippen LogP contribution < -0.4 is 0 Å². The van der Waals surface area contributed by atoms with E-state index in [1.165, 1.54) is 6.20 Å². The third-order valence-electron chi connectivity index (χ3n) is 2.10. The number of nitrogens with zero attached hydrogens (tertiary/aromatic N) is 2. The molecule has 2 aromatic heterocycles. The van der Waals surface area contributed by atoms with Crippen LogP contribution >= 0.6 is 0 Å². The minimum Gasteiger partial charge on any atom is -0.336 e. The molecule has 3 heteroatoms. The standard InChI is InChI=1S/C9H9FN2.C2H6/c1-6-7-3-4-12(2)9(7)11-5-8(6)10;1-2/h3-5H,1-2H3;1-2H3. The predicted octanol–water partition coefficient (Wildman–Crippen LogP) is 3.05. The average molecular weight is 194 g/mol. The van der Waals surface area contributed by atoms with Crippen LogP contribution in [0, 0.1) is 12.7 Å². The van der Waals surface area contributed by atoms with Crippen molar-refractivity contribution in [1.82, 2.24) is 9.55 Å². The van der Waals surface area contributed by atoms with Crippen LogP contribution in [0.2, 0.25) is 0 Å². The highest BCUT2D eigenvalue weighted by Crippen LogP contribution is 2.18. The Labute approximate surface area is 83.4 Å². The van der Waals surface area contributed by atoms with Gasteiger partial charge >= 0.3 is 0 Å². The minimum absolute atomic E-state index is 0.242. The second-order valence-corrected chi connectivity index (χ2v) is 2.90. The Morgan fingerprint density at radius 3 is 2.64 bits per heavy atom. The topological polar surface area (TPSA) is 17.8 Å². The Morgan fingerprint density at radius 2 is 2.00 bits per heavy atom. The van der Waals surface area contributed by atoms with Gasteiger partial charge in [-0.25, -0.2) is 9.37 Å². The molecule has 0 N–H and O–H groups in total. The molecule has 0 fully saturated rings. The van der Waals surface area contributed by atoms with E-state index in [9.17, 15) is 4.39 Å². The highest BCUT2D eigenvalue weighted by atomic mass is 19.1. The average Bonchev–Trinajstić information content (AvgIpc) is 2.58. The van der Waals surface area contributed by atoms with Crippen molar-refractivity contribution in [3.05, 3.63) is 29.8 Å². The van der Waals surface area contributed by atoms with Gasteiger partial charge in [-0.05, 0) is 18.6 Å². The molecule has 2 nitrogen and oxygen atoms in total. The SMILES string of the molecule is CC.Cc1c(F)cnc2c1ccn2C. The lowest BCUT2D eigenvalue weighted by atomic mass is 10.2. The molecule has 0 saturated carbocycles. The minimum atomic E-state index is -0.242. The molecule has 2 rings (SSSR count). The molecule has 76 valence electrons. The fourth-order valence-corrected chi connectivity index (χ4v) is 1.32. The van der Waals surface area contributed by atoms with E-state index in [-0.39, 0.29) is 5.82 Å². The molecule has 0 radical (unpaired) electrons. The highest BCUT2D eigenvalue weighted by molar-refractivity contribution is 5.79. The lowest BCUT2D eigenvalue weighted by Crippen LogP contribution is -1.91. The summed E-state index contributed by atoms with van der Waals surface area (Å²) in [6, 6.07) is 1.88. The molecule has 0 aliphatic rings. The molecule has 0 aliphatic carbocycles. The summed E-state index contributed by atoms with van der Waals surface area (Å²) in [5, 5.41) is 0.887. The summed E-state index contributed by atoms with van der Waals surface area (Å²) in [4.78, 5) is 3.99. The van der Waals surface area contributed by atoms with Crippen molar-refractivity contribution in [3.63, 3.8) is 0 Å². The van der Waals surface area contributed by atoms with Crippen molar-refractivity contribution < 1.29 is 4.39 Å². The highest BCUT2D eigenvalue weighted by Gasteiger charge is 2.05. The van der Waals surface area contributed by atoms with Crippen molar-refractivity contribution in [3.8, 4) is 0 Å². The van der Waals surface area contributed by atoms with Crippen molar-refractivity contribution in [2.45, 2.75) is 20.8 Å². The number of aromatic nitrogens is 2. The number of rotatable bonds is 0. The van der Waals surface area contributed by atoms with E-state index >= 15 is 0 Å². The summed E-state index contributed by atoms with van der Waals surface area (Å²) in [5.74, 6) is -0.242. The van der Waals surface area contributed by atoms with E-state index in [1.54, 1.807) is 6.92 Å². The molecule has 0 aliphatic heterocycles.